The second kappa shape index (κ2) is 17.1. The summed E-state index contributed by atoms with van der Waals surface area (Å²) in [5, 5.41) is 8.25. The Bertz CT molecular complexity index is 1210. The van der Waals surface area contributed by atoms with Gasteiger partial charge in [0.2, 0.25) is 11.8 Å². The zero-order chi connectivity index (χ0) is 32.0. The molecule has 3 atom stereocenters. The maximum atomic E-state index is 13.6. The Labute approximate surface area is 255 Å². The van der Waals surface area contributed by atoms with E-state index in [2.05, 4.69) is 22.5 Å². The lowest BCUT2D eigenvalue weighted by molar-refractivity contribution is -0.149. The number of rotatable bonds is 15. The van der Waals surface area contributed by atoms with E-state index in [0.717, 1.165) is 16.7 Å². The summed E-state index contributed by atoms with van der Waals surface area (Å²) in [5.74, 6) is -1.59. The van der Waals surface area contributed by atoms with E-state index in [1.807, 2.05) is 81.4 Å². The molecule has 0 aliphatic rings. The lowest BCUT2D eigenvalue weighted by atomic mass is 10.00. The lowest BCUT2D eigenvalue weighted by Gasteiger charge is -2.27. The summed E-state index contributed by atoms with van der Waals surface area (Å²) in [6, 6.07) is 15.7. The van der Waals surface area contributed by atoms with Gasteiger partial charge in [-0.2, -0.15) is 0 Å². The van der Waals surface area contributed by atoms with E-state index in [0.29, 0.717) is 12.8 Å². The van der Waals surface area contributed by atoms with Crippen LogP contribution in [0.5, 0.6) is 0 Å². The van der Waals surface area contributed by atoms with Crippen LogP contribution >= 0.6 is 0 Å². The zero-order valence-electron chi connectivity index (χ0n) is 26.3. The highest BCUT2D eigenvalue weighted by Gasteiger charge is 2.31. The minimum Gasteiger partial charge on any atom is -0.459 e. The normalized spacial score (nSPS) is 13.3. The van der Waals surface area contributed by atoms with Gasteiger partial charge < -0.3 is 25.4 Å². The van der Waals surface area contributed by atoms with Crippen molar-refractivity contribution < 1.29 is 28.7 Å². The Hall–Kier alpha value is -4.14. The third-order valence-corrected chi connectivity index (χ3v) is 6.31. The molecule has 0 fully saturated rings. The number of carbonyl (C=O) groups excluding carboxylic acids is 4. The molecular formula is C34H47N3O6. The Morgan fingerprint density at radius 3 is 1.86 bits per heavy atom. The number of esters is 1. The Morgan fingerprint density at radius 2 is 1.33 bits per heavy atom. The maximum absolute atomic E-state index is 13.6. The number of nitrogens with one attached hydrogen (secondary N) is 3. The van der Waals surface area contributed by atoms with Crippen LogP contribution < -0.4 is 16.0 Å². The highest BCUT2D eigenvalue weighted by Crippen LogP contribution is 2.13. The molecule has 2 rings (SSSR count). The van der Waals surface area contributed by atoms with Gasteiger partial charge in [0.25, 0.3) is 0 Å². The van der Waals surface area contributed by atoms with E-state index in [-0.39, 0.29) is 25.4 Å². The van der Waals surface area contributed by atoms with Crippen LogP contribution in [0.2, 0.25) is 0 Å². The number of alkyl carbamates (subject to hydrolysis) is 1. The quantitative estimate of drug-likeness (QED) is 0.192. The predicted molar refractivity (Wildman–Crippen MR) is 167 cm³/mol. The van der Waals surface area contributed by atoms with Gasteiger partial charge in [0.05, 0.1) is 0 Å². The van der Waals surface area contributed by atoms with E-state index >= 15 is 0 Å². The summed E-state index contributed by atoms with van der Waals surface area (Å²) in [4.78, 5) is 52.8. The monoisotopic (exact) mass is 593 g/mol. The van der Waals surface area contributed by atoms with Crippen LogP contribution in [0.25, 0.3) is 0 Å². The van der Waals surface area contributed by atoms with Gasteiger partial charge >= 0.3 is 12.1 Å². The molecular weight excluding hydrogens is 546 g/mol. The average Bonchev–Trinajstić information content (AvgIpc) is 2.93. The third kappa shape index (κ3) is 14.1. The summed E-state index contributed by atoms with van der Waals surface area (Å²) in [7, 11) is 0. The fraction of sp³-hybridized carbons (Fsp3) is 0.471. The molecule has 9 heteroatoms. The molecule has 0 saturated heterocycles. The van der Waals surface area contributed by atoms with Crippen molar-refractivity contribution in [3.05, 3.63) is 83.9 Å². The van der Waals surface area contributed by atoms with Crippen molar-refractivity contribution in [1.82, 2.24) is 16.0 Å². The molecule has 0 heterocycles. The molecule has 0 radical (unpaired) electrons. The lowest BCUT2D eigenvalue weighted by Crippen LogP contribution is -2.56. The minimum atomic E-state index is -0.982. The van der Waals surface area contributed by atoms with Crippen molar-refractivity contribution >= 4 is 23.9 Å². The van der Waals surface area contributed by atoms with Gasteiger partial charge in [-0.25, -0.2) is 9.59 Å². The van der Waals surface area contributed by atoms with Gasteiger partial charge in [-0.05, 0) is 64.0 Å². The molecule has 0 aliphatic carbocycles. The molecule has 1 unspecified atom stereocenters. The van der Waals surface area contributed by atoms with Gasteiger partial charge in [0.1, 0.15) is 30.3 Å². The highest BCUT2D eigenvalue weighted by molar-refractivity contribution is 5.93. The fourth-order valence-corrected chi connectivity index (χ4v) is 4.23. The largest absolute Gasteiger partial charge is 0.459 e. The molecule has 9 nitrogen and oxygen atoms in total. The van der Waals surface area contributed by atoms with Crippen LogP contribution in [0.3, 0.4) is 0 Å². The molecule has 0 aliphatic heterocycles. The van der Waals surface area contributed by atoms with Gasteiger partial charge in [-0.3, -0.25) is 9.59 Å². The van der Waals surface area contributed by atoms with Crippen molar-refractivity contribution in [1.29, 1.82) is 0 Å². The number of allylic oxidation sites excluding steroid dienone is 1. The van der Waals surface area contributed by atoms with Crippen LogP contribution in [0.15, 0.2) is 72.8 Å². The Morgan fingerprint density at radius 1 is 0.791 bits per heavy atom. The number of hydrogen-bond acceptors (Lipinski definition) is 6. The van der Waals surface area contributed by atoms with Crippen molar-refractivity contribution in [3.63, 3.8) is 0 Å². The van der Waals surface area contributed by atoms with Crippen molar-refractivity contribution in [3.8, 4) is 0 Å². The average molecular weight is 594 g/mol. The molecule has 0 spiro atoms. The van der Waals surface area contributed by atoms with E-state index in [1.165, 1.54) is 0 Å². The van der Waals surface area contributed by atoms with Crippen LogP contribution in [0.1, 0.15) is 71.9 Å². The van der Waals surface area contributed by atoms with Crippen LogP contribution in [-0.4, -0.2) is 47.6 Å². The van der Waals surface area contributed by atoms with Crippen LogP contribution in [0, 0.1) is 5.92 Å². The smallest absolute Gasteiger partial charge is 0.408 e. The van der Waals surface area contributed by atoms with E-state index in [9.17, 15) is 19.2 Å². The first-order chi connectivity index (χ1) is 20.2. The third-order valence-electron chi connectivity index (χ3n) is 6.31. The molecule has 3 amide bonds. The summed E-state index contributed by atoms with van der Waals surface area (Å²) in [6.07, 6.45) is 0.557. The number of benzene rings is 2. The van der Waals surface area contributed by atoms with Crippen LogP contribution in [0.4, 0.5) is 4.79 Å². The first-order valence-corrected chi connectivity index (χ1v) is 14.7. The fourth-order valence-electron chi connectivity index (χ4n) is 4.23. The van der Waals surface area contributed by atoms with E-state index < -0.39 is 47.6 Å². The van der Waals surface area contributed by atoms with Gasteiger partial charge in [0.15, 0.2) is 0 Å². The summed E-state index contributed by atoms with van der Waals surface area (Å²) in [6.45, 7) is 14.8. The molecule has 43 heavy (non-hydrogen) atoms. The van der Waals surface area contributed by atoms with E-state index in [4.69, 9.17) is 9.47 Å². The van der Waals surface area contributed by atoms with Gasteiger partial charge in [0, 0.05) is 6.42 Å². The zero-order valence-corrected chi connectivity index (χ0v) is 26.3. The Balaban J connectivity index is 2.22. The second-order valence-electron chi connectivity index (χ2n) is 12.2. The van der Waals surface area contributed by atoms with Crippen molar-refractivity contribution in [2.45, 2.75) is 97.6 Å². The van der Waals surface area contributed by atoms with Crippen molar-refractivity contribution in [2.75, 3.05) is 0 Å². The van der Waals surface area contributed by atoms with Crippen molar-refractivity contribution in [2.24, 2.45) is 5.92 Å². The number of hydrogen-bond donors (Lipinski definition) is 3. The molecule has 0 bridgehead atoms. The highest BCUT2D eigenvalue weighted by atomic mass is 16.6. The van der Waals surface area contributed by atoms with Gasteiger partial charge in [-0.1, -0.05) is 80.1 Å². The number of carbonyl (C=O) groups is 4. The van der Waals surface area contributed by atoms with E-state index in [1.54, 1.807) is 20.8 Å². The number of amides is 3. The molecule has 3 N–H and O–H groups in total. The molecule has 2 aromatic rings. The number of ether oxygens (including phenoxy) is 2. The SMILES string of the molecule is C=C(C)CC[C@H](NC(=O)OC(C)(C)C)C(=O)NC(CC(C)C)C(=O)N[C@@H](Cc1ccccc1)C(=O)OCc1ccccc1. The maximum Gasteiger partial charge on any atom is 0.408 e. The predicted octanol–water partition coefficient (Wildman–Crippen LogP) is 5.24. The topological polar surface area (TPSA) is 123 Å². The van der Waals surface area contributed by atoms with Gasteiger partial charge in [-0.15, -0.1) is 6.58 Å². The first-order valence-electron chi connectivity index (χ1n) is 14.7. The summed E-state index contributed by atoms with van der Waals surface area (Å²) < 4.78 is 10.9. The molecule has 0 saturated carbocycles. The minimum absolute atomic E-state index is 0.0429. The summed E-state index contributed by atoms with van der Waals surface area (Å²) in [5.41, 5.74) is 1.76. The standard InChI is InChI=1S/C34H47N3O6/c1-23(2)18-19-27(37-33(41)43-34(5,6)7)30(38)35-28(20-24(3)4)31(39)36-29(21-25-14-10-8-11-15-25)32(40)42-22-26-16-12-9-13-17-26/h8-17,24,27-29H,1,18-22H2,2-7H3,(H,35,38)(H,36,39)(H,37,41)/t27-,28?,29-/m0/s1. The molecule has 0 aromatic heterocycles. The molecule has 234 valence electrons. The Kier molecular flexibility index (Phi) is 13.9. The first kappa shape index (κ1) is 35.1. The molecule has 2 aromatic carbocycles. The second-order valence-corrected chi connectivity index (χ2v) is 12.2. The van der Waals surface area contributed by atoms with Crippen LogP contribution in [-0.2, 0) is 36.9 Å². The summed E-state index contributed by atoms with van der Waals surface area (Å²) >= 11 is 0.